The molecule has 2 N–H and O–H groups in total. The van der Waals surface area contributed by atoms with E-state index in [0.29, 0.717) is 42.8 Å². The number of nitrogens with zero attached hydrogens (tertiary/aromatic N) is 1. The first-order valence-electron chi connectivity index (χ1n) is 10.5. The number of para-hydroxylation sites is 1. The van der Waals surface area contributed by atoms with Crippen LogP contribution >= 0.6 is 0 Å². The van der Waals surface area contributed by atoms with Crippen molar-refractivity contribution >= 4 is 23.3 Å². The van der Waals surface area contributed by atoms with Gasteiger partial charge in [0.25, 0.3) is 0 Å². The molecule has 4 rings (SSSR count). The Bertz CT molecular complexity index is 993. The topological polar surface area (TPSA) is 98.9 Å². The zero-order valence-corrected chi connectivity index (χ0v) is 17.3. The summed E-state index contributed by atoms with van der Waals surface area (Å²) in [6.07, 6.45) is 3.09. The van der Waals surface area contributed by atoms with Gasteiger partial charge in [0.1, 0.15) is 16.7 Å². The van der Waals surface area contributed by atoms with Crippen LogP contribution in [0, 0.1) is 0 Å². The van der Waals surface area contributed by atoms with Crippen molar-refractivity contribution in [1.29, 1.82) is 0 Å². The summed E-state index contributed by atoms with van der Waals surface area (Å²) < 4.78 is 11.0. The maximum atomic E-state index is 14.1. The van der Waals surface area contributed by atoms with Gasteiger partial charge in [0.05, 0.1) is 12.2 Å². The number of Topliss-reactive ketones (excluding diaryl/α,β-unsaturated/α-hetero) is 1. The van der Waals surface area contributed by atoms with Crippen LogP contribution in [0.5, 0.6) is 0 Å². The van der Waals surface area contributed by atoms with Crippen molar-refractivity contribution in [3.63, 3.8) is 0 Å². The third kappa shape index (κ3) is 2.68. The number of esters is 1. The number of hydrogen-bond donors (Lipinski definition) is 1. The van der Waals surface area contributed by atoms with E-state index in [4.69, 9.17) is 15.2 Å². The zero-order chi connectivity index (χ0) is 21.5. The van der Waals surface area contributed by atoms with E-state index in [1.165, 1.54) is 0 Å². The molecule has 30 heavy (non-hydrogen) atoms. The molecule has 3 aliphatic rings. The molecule has 0 fully saturated rings. The summed E-state index contributed by atoms with van der Waals surface area (Å²) in [5.74, 6) is -1.04. The average Bonchev–Trinajstić information content (AvgIpc) is 2.95. The van der Waals surface area contributed by atoms with Crippen LogP contribution in [-0.2, 0) is 29.3 Å². The van der Waals surface area contributed by atoms with Crippen LogP contribution in [0.4, 0.5) is 5.69 Å². The maximum absolute atomic E-state index is 14.1. The fourth-order valence-corrected chi connectivity index (χ4v) is 4.76. The molecule has 2 aliphatic heterocycles. The minimum atomic E-state index is -1.62. The summed E-state index contributed by atoms with van der Waals surface area (Å²) in [7, 11) is 0. The van der Waals surface area contributed by atoms with Crippen LogP contribution in [0.2, 0.25) is 0 Å². The number of fused-ring (bicyclic) bond motifs is 3. The van der Waals surface area contributed by atoms with Crippen LogP contribution in [0.1, 0.15) is 51.5 Å². The lowest BCUT2D eigenvalue weighted by Gasteiger charge is -2.38. The highest BCUT2D eigenvalue weighted by Gasteiger charge is 2.63. The number of ether oxygens (including phenoxy) is 2. The number of carbonyl (C=O) groups excluding carboxylic acids is 3. The average molecular weight is 410 g/mol. The fraction of sp³-hybridized carbons (Fsp3) is 0.435. The first kappa shape index (κ1) is 20.2. The second kappa shape index (κ2) is 7.63. The molecule has 158 valence electrons. The van der Waals surface area contributed by atoms with Gasteiger partial charge in [-0.3, -0.25) is 9.59 Å². The number of nitrogens with two attached hydrogens (primary N) is 1. The van der Waals surface area contributed by atoms with Crippen LogP contribution in [0.15, 0.2) is 47.1 Å². The van der Waals surface area contributed by atoms with E-state index in [9.17, 15) is 14.4 Å². The molecule has 0 unspecified atom stereocenters. The van der Waals surface area contributed by atoms with Gasteiger partial charge in [0.15, 0.2) is 5.78 Å². The summed E-state index contributed by atoms with van der Waals surface area (Å²) in [5, 5.41) is 0. The molecule has 1 amide bonds. The third-order valence-corrected chi connectivity index (χ3v) is 5.97. The molecular formula is C23H26N2O5. The van der Waals surface area contributed by atoms with E-state index in [-0.39, 0.29) is 35.3 Å². The van der Waals surface area contributed by atoms with Gasteiger partial charge >= 0.3 is 5.97 Å². The minimum absolute atomic E-state index is 0.0881. The molecule has 0 saturated carbocycles. The number of allylic oxidation sites excluding steroid dienone is 1. The molecular weight excluding hydrogens is 384 g/mol. The lowest BCUT2D eigenvalue weighted by Crippen LogP contribution is -2.51. The largest absolute Gasteiger partial charge is 0.462 e. The van der Waals surface area contributed by atoms with E-state index < -0.39 is 11.4 Å². The van der Waals surface area contributed by atoms with Crippen molar-refractivity contribution < 1.29 is 23.9 Å². The Hall–Kier alpha value is -3.09. The Morgan fingerprint density at radius 2 is 2.00 bits per heavy atom. The molecule has 0 radical (unpaired) electrons. The highest BCUT2D eigenvalue weighted by Crippen LogP contribution is 2.56. The van der Waals surface area contributed by atoms with Gasteiger partial charge in [-0.05, 0) is 25.8 Å². The Morgan fingerprint density at radius 1 is 1.23 bits per heavy atom. The number of carbonyl (C=O) groups is 3. The van der Waals surface area contributed by atoms with E-state index >= 15 is 0 Å². The molecule has 1 spiro atoms. The quantitative estimate of drug-likeness (QED) is 0.750. The second-order valence-corrected chi connectivity index (χ2v) is 7.71. The van der Waals surface area contributed by atoms with Crippen LogP contribution in [0.3, 0.4) is 0 Å². The Balaban J connectivity index is 2.04. The first-order valence-corrected chi connectivity index (χ1v) is 10.5. The molecule has 0 bridgehead atoms. The second-order valence-electron chi connectivity index (χ2n) is 7.71. The van der Waals surface area contributed by atoms with E-state index in [1.807, 2.05) is 19.1 Å². The number of rotatable bonds is 5. The van der Waals surface area contributed by atoms with Gasteiger partial charge in [-0.15, -0.1) is 0 Å². The summed E-state index contributed by atoms with van der Waals surface area (Å²) >= 11 is 0. The Kier molecular flexibility index (Phi) is 5.13. The number of hydrogen-bond acceptors (Lipinski definition) is 6. The maximum Gasteiger partial charge on any atom is 0.341 e. The van der Waals surface area contributed by atoms with Gasteiger partial charge < -0.3 is 20.1 Å². The number of ketones is 1. The Labute approximate surface area is 175 Å². The van der Waals surface area contributed by atoms with Crippen LogP contribution < -0.4 is 10.6 Å². The monoisotopic (exact) mass is 410 g/mol. The van der Waals surface area contributed by atoms with Gasteiger partial charge in [-0.1, -0.05) is 31.5 Å². The van der Waals surface area contributed by atoms with Gasteiger partial charge in [0, 0.05) is 30.6 Å². The number of anilines is 1. The summed E-state index contributed by atoms with van der Waals surface area (Å²) in [4.78, 5) is 42.0. The smallest absolute Gasteiger partial charge is 0.341 e. The number of benzene rings is 1. The number of unbranched alkanes of at least 4 members (excludes halogenated alkanes) is 1. The van der Waals surface area contributed by atoms with E-state index in [1.54, 1.807) is 24.0 Å². The van der Waals surface area contributed by atoms with Gasteiger partial charge in [-0.25, -0.2) is 4.79 Å². The van der Waals surface area contributed by atoms with Crippen molar-refractivity contribution in [3.05, 3.63) is 52.6 Å². The van der Waals surface area contributed by atoms with Crippen LogP contribution in [0.25, 0.3) is 0 Å². The molecule has 2 heterocycles. The summed E-state index contributed by atoms with van der Waals surface area (Å²) in [6, 6.07) is 7.29. The van der Waals surface area contributed by atoms with Crippen molar-refractivity contribution in [2.45, 2.75) is 51.4 Å². The van der Waals surface area contributed by atoms with E-state index in [0.717, 1.165) is 12.8 Å². The Morgan fingerprint density at radius 3 is 2.73 bits per heavy atom. The highest BCUT2D eigenvalue weighted by atomic mass is 16.5. The first-order chi connectivity index (χ1) is 14.5. The molecule has 1 atom stereocenters. The van der Waals surface area contributed by atoms with E-state index in [2.05, 4.69) is 0 Å². The molecule has 1 aliphatic carbocycles. The molecule has 0 saturated heterocycles. The zero-order valence-electron chi connectivity index (χ0n) is 17.3. The van der Waals surface area contributed by atoms with Crippen molar-refractivity contribution in [3.8, 4) is 0 Å². The number of amides is 1. The van der Waals surface area contributed by atoms with Gasteiger partial charge in [-0.2, -0.15) is 0 Å². The minimum Gasteiger partial charge on any atom is -0.462 e. The lowest BCUT2D eigenvalue weighted by atomic mass is 9.64. The highest BCUT2D eigenvalue weighted by molar-refractivity contribution is 6.23. The molecule has 1 aromatic carbocycles. The summed E-state index contributed by atoms with van der Waals surface area (Å²) in [5.41, 5.74) is 6.03. The molecule has 1 aromatic rings. The van der Waals surface area contributed by atoms with Gasteiger partial charge in [0.2, 0.25) is 11.8 Å². The van der Waals surface area contributed by atoms with Crippen molar-refractivity contribution in [2.24, 2.45) is 5.73 Å². The molecule has 7 nitrogen and oxygen atoms in total. The lowest BCUT2D eigenvalue weighted by molar-refractivity contribution is -0.141. The predicted molar refractivity (Wildman–Crippen MR) is 110 cm³/mol. The van der Waals surface area contributed by atoms with Crippen molar-refractivity contribution in [2.75, 3.05) is 18.1 Å². The van der Waals surface area contributed by atoms with Crippen molar-refractivity contribution in [1.82, 2.24) is 0 Å². The SMILES string of the molecule is CCCCN1C(=O)[C@]2(C(C(=O)OCC)=C(N)OC3=C2C(=O)CCC3)c2ccccc21. The standard InChI is InChI=1S/C23H26N2O5/c1-3-5-13-25-15-10-7-6-9-14(15)23(22(25)28)18-16(26)11-8-12-17(18)30-20(24)19(23)21(27)29-4-2/h6-7,9-10H,3-5,8,11-13,24H2,1-2H3/t23-/m1/s1. The molecule has 7 heteroatoms. The summed E-state index contributed by atoms with van der Waals surface area (Å²) in [6.45, 7) is 4.33. The predicted octanol–water partition coefficient (Wildman–Crippen LogP) is 2.84. The normalized spacial score (nSPS) is 22.9. The van der Waals surface area contributed by atoms with Crippen LogP contribution in [-0.4, -0.2) is 30.8 Å². The molecule has 0 aromatic heterocycles. The fourth-order valence-electron chi connectivity index (χ4n) is 4.76. The third-order valence-electron chi connectivity index (χ3n) is 5.97.